The quantitative estimate of drug-likeness (QED) is 0.239. The Morgan fingerprint density at radius 2 is 1.24 bits per heavy atom. The van der Waals surface area contributed by atoms with Crippen LogP contribution in [0.15, 0.2) is 107 Å². The van der Waals surface area contributed by atoms with Crippen molar-refractivity contribution in [2.75, 3.05) is 17.5 Å². The normalized spacial score (nSPS) is 13.0. The Balaban J connectivity index is 1.37. The monoisotopic (exact) mass is 552 g/mol. The third-order valence-corrected chi connectivity index (χ3v) is 8.28. The highest BCUT2D eigenvalue weighted by Gasteiger charge is 2.28. The molecule has 0 radical (unpaired) electrons. The number of hydrogen-bond donors (Lipinski definition) is 1. The van der Waals surface area contributed by atoms with Gasteiger partial charge in [0.2, 0.25) is 0 Å². The number of fused-ring (bicyclic) bond motifs is 3. The Morgan fingerprint density at radius 1 is 0.757 bits per heavy atom. The summed E-state index contributed by atoms with van der Waals surface area (Å²) in [5, 5.41) is 16.0. The van der Waals surface area contributed by atoms with Crippen molar-refractivity contribution < 1.29 is 18.4 Å². The van der Waals surface area contributed by atoms with Gasteiger partial charge in [-0.15, -0.1) is 0 Å². The fraction of sp³-hybridized carbons (Fsp3) is 0.107. The van der Waals surface area contributed by atoms with Crippen molar-refractivity contribution in [2.45, 2.75) is 11.0 Å². The lowest BCUT2D eigenvalue weighted by Gasteiger charge is -2.26. The molecule has 1 atom stereocenters. The first kappa shape index (κ1) is 25.3. The Labute approximate surface area is 225 Å². The zero-order valence-corrected chi connectivity index (χ0v) is 21.8. The highest BCUT2D eigenvalue weighted by atomic mass is 35.5. The van der Waals surface area contributed by atoms with Gasteiger partial charge in [-0.2, -0.15) is 0 Å². The minimum absolute atomic E-state index is 0.0411. The van der Waals surface area contributed by atoms with Gasteiger partial charge in [0, 0.05) is 21.2 Å². The third kappa shape index (κ3) is 5.22. The first-order valence-electron chi connectivity index (χ1n) is 11.5. The minimum Gasteiger partial charge on any atom is -0.392 e. The number of sulfonamides is 1. The molecule has 1 aliphatic rings. The van der Waals surface area contributed by atoms with E-state index in [1.54, 1.807) is 24.3 Å². The molecule has 1 aliphatic carbocycles. The molecule has 0 saturated carbocycles. The molecule has 0 fully saturated rings. The summed E-state index contributed by atoms with van der Waals surface area (Å²) < 4.78 is 28.1. The molecule has 0 amide bonds. The second kappa shape index (κ2) is 10.6. The maximum absolute atomic E-state index is 13.5. The fourth-order valence-corrected chi connectivity index (χ4v) is 5.96. The lowest BCUT2D eigenvalue weighted by molar-refractivity contribution is 0.0456. The van der Waals surface area contributed by atoms with Gasteiger partial charge in [0.1, 0.15) is 18.4 Å². The summed E-state index contributed by atoms with van der Waals surface area (Å²) in [6.45, 7) is -0.474. The molecule has 5 rings (SSSR count). The van der Waals surface area contributed by atoms with E-state index >= 15 is 0 Å². The minimum atomic E-state index is -4.02. The van der Waals surface area contributed by atoms with E-state index in [1.165, 1.54) is 24.3 Å². The lowest BCUT2D eigenvalue weighted by Crippen LogP contribution is -2.39. The van der Waals surface area contributed by atoms with E-state index in [0.29, 0.717) is 21.4 Å². The van der Waals surface area contributed by atoms with E-state index in [-0.39, 0.29) is 18.0 Å². The van der Waals surface area contributed by atoms with Gasteiger partial charge < -0.3 is 9.94 Å². The first-order chi connectivity index (χ1) is 17.8. The molecule has 0 aromatic heterocycles. The number of aliphatic hydroxyl groups is 1. The highest BCUT2D eigenvalue weighted by molar-refractivity contribution is 7.92. The van der Waals surface area contributed by atoms with Crippen LogP contribution in [-0.4, -0.2) is 38.5 Å². The fourth-order valence-electron chi connectivity index (χ4n) is 4.21. The average Bonchev–Trinajstić information content (AvgIpc) is 3.22. The first-order valence-corrected chi connectivity index (χ1v) is 13.7. The number of halogens is 2. The van der Waals surface area contributed by atoms with E-state index in [9.17, 15) is 13.5 Å². The van der Waals surface area contributed by atoms with Gasteiger partial charge in [0.25, 0.3) is 10.0 Å². The van der Waals surface area contributed by atoms with Gasteiger partial charge in [0.05, 0.1) is 17.1 Å². The number of oxime groups is 1. The molecule has 188 valence electrons. The van der Waals surface area contributed by atoms with Crippen molar-refractivity contribution in [3.63, 3.8) is 0 Å². The summed E-state index contributed by atoms with van der Waals surface area (Å²) >= 11 is 11.9. The summed E-state index contributed by atoms with van der Waals surface area (Å²) in [4.78, 5) is 5.60. The molecule has 0 aliphatic heterocycles. The number of hydrogen-bond acceptors (Lipinski definition) is 5. The molecule has 4 aromatic carbocycles. The summed E-state index contributed by atoms with van der Waals surface area (Å²) in [7, 11) is -4.02. The second-order valence-corrected chi connectivity index (χ2v) is 11.2. The van der Waals surface area contributed by atoms with E-state index in [0.717, 1.165) is 26.6 Å². The Bertz CT molecular complexity index is 1510. The maximum Gasteiger partial charge on any atom is 0.264 e. The molecule has 0 heterocycles. The molecule has 4 aromatic rings. The van der Waals surface area contributed by atoms with Crippen LogP contribution in [0.3, 0.4) is 0 Å². The number of benzene rings is 4. The average molecular weight is 553 g/mol. The van der Waals surface area contributed by atoms with Crippen molar-refractivity contribution in [1.82, 2.24) is 0 Å². The number of anilines is 1. The molecule has 9 heteroatoms. The van der Waals surface area contributed by atoms with Crippen LogP contribution in [-0.2, 0) is 14.9 Å². The molecule has 6 nitrogen and oxygen atoms in total. The smallest absolute Gasteiger partial charge is 0.264 e. The van der Waals surface area contributed by atoms with Crippen LogP contribution in [0.25, 0.3) is 11.1 Å². The van der Waals surface area contributed by atoms with Crippen molar-refractivity contribution in [3.05, 3.63) is 118 Å². The van der Waals surface area contributed by atoms with Crippen LogP contribution in [0.2, 0.25) is 10.0 Å². The Morgan fingerprint density at radius 3 is 1.78 bits per heavy atom. The SMILES string of the molecule is O=S(=O)(c1ccc(Cl)cc1)N(CC(O)CON=C1c2ccccc2-c2ccccc21)c1ccc(Cl)cc1. The molecule has 37 heavy (non-hydrogen) atoms. The van der Waals surface area contributed by atoms with Gasteiger partial charge in [-0.1, -0.05) is 76.9 Å². The maximum atomic E-state index is 13.5. The summed E-state index contributed by atoms with van der Waals surface area (Å²) in [5.74, 6) is 0. The zero-order valence-electron chi connectivity index (χ0n) is 19.5. The molecular weight excluding hydrogens is 531 g/mol. The predicted octanol–water partition coefficient (Wildman–Crippen LogP) is 6.00. The van der Waals surface area contributed by atoms with Crippen molar-refractivity contribution >= 4 is 44.6 Å². The number of rotatable bonds is 8. The van der Waals surface area contributed by atoms with Crippen molar-refractivity contribution in [3.8, 4) is 11.1 Å². The Kier molecular flexibility index (Phi) is 7.22. The van der Waals surface area contributed by atoms with Crippen molar-refractivity contribution in [1.29, 1.82) is 0 Å². The van der Waals surface area contributed by atoms with Crippen LogP contribution in [0, 0.1) is 0 Å². The Hall–Kier alpha value is -3.36. The van der Waals surface area contributed by atoms with Crippen molar-refractivity contribution in [2.24, 2.45) is 5.16 Å². The van der Waals surface area contributed by atoms with Gasteiger partial charge in [-0.25, -0.2) is 8.42 Å². The van der Waals surface area contributed by atoms with E-state index in [4.69, 9.17) is 28.0 Å². The standard InChI is InChI=1S/C28H22Cl2N2O4S/c29-19-9-13-21(14-10-19)32(37(34,35)23-15-11-20(30)12-16-23)17-22(33)18-36-31-28-26-7-3-1-5-24(26)25-6-2-4-8-27(25)28/h1-16,22,33H,17-18H2. The van der Waals surface area contributed by atoms with E-state index in [1.807, 2.05) is 48.5 Å². The van der Waals surface area contributed by atoms with Crippen LogP contribution in [0.1, 0.15) is 11.1 Å². The predicted molar refractivity (Wildman–Crippen MR) is 147 cm³/mol. The molecule has 1 N–H and O–H groups in total. The molecular formula is C28H22Cl2N2O4S. The highest BCUT2D eigenvalue weighted by Crippen LogP contribution is 2.36. The topological polar surface area (TPSA) is 79.2 Å². The van der Waals surface area contributed by atoms with E-state index < -0.39 is 16.1 Å². The molecule has 0 spiro atoms. The van der Waals surface area contributed by atoms with Crippen LogP contribution in [0.5, 0.6) is 0 Å². The number of aliphatic hydroxyl groups excluding tert-OH is 1. The lowest BCUT2D eigenvalue weighted by atomic mass is 10.1. The second-order valence-electron chi connectivity index (χ2n) is 8.45. The molecule has 0 saturated heterocycles. The molecule has 0 bridgehead atoms. The largest absolute Gasteiger partial charge is 0.392 e. The van der Waals surface area contributed by atoms with Crippen LogP contribution >= 0.6 is 23.2 Å². The molecule has 1 unspecified atom stereocenters. The summed E-state index contributed by atoms with van der Waals surface area (Å²) in [6, 6.07) is 28.0. The zero-order chi connectivity index (χ0) is 26.0. The van der Waals surface area contributed by atoms with Gasteiger partial charge in [-0.05, 0) is 59.7 Å². The summed E-state index contributed by atoms with van der Waals surface area (Å²) in [6.07, 6.45) is -1.17. The van der Waals surface area contributed by atoms with Gasteiger partial charge >= 0.3 is 0 Å². The summed E-state index contributed by atoms with van der Waals surface area (Å²) in [5.41, 5.74) is 5.01. The van der Waals surface area contributed by atoms with E-state index in [2.05, 4.69) is 5.16 Å². The van der Waals surface area contributed by atoms with Crippen LogP contribution in [0.4, 0.5) is 5.69 Å². The van der Waals surface area contributed by atoms with Gasteiger partial charge in [0.15, 0.2) is 0 Å². The van der Waals surface area contributed by atoms with Crippen LogP contribution < -0.4 is 4.31 Å². The third-order valence-electron chi connectivity index (χ3n) is 5.97. The van der Waals surface area contributed by atoms with Gasteiger partial charge in [-0.3, -0.25) is 4.31 Å². The number of nitrogens with zero attached hydrogens (tertiary/aromatic N) is 2.